The van der Waals surface area contributed by atoms with Gasteiger partial charge in [0.15, 0.2) is 5.13 Å². The zero-order valence-electron chi connectivity index (χ0n) is 14.8. The number of benzene rings is 3. The maximum Gasteiger partial charge on any atom is 0.340 e. The van der Waals surface area contributed by atoms with E-state index in [0.717, 1.165) is 22.0 Å². The van der Waals surface area contributed by atoms with Crippen molar-refractivity contribution in [1.29, 1.82) is 0 Å². The van der Waals surface area contributed by atoms with Crippen molar-refractivity contribution in [2.45, 2.75) is 6.23 Å². The van der Waals surface area contributed by atoms with E-state index in [-0.39, 0.29) is 5.97 Å². The molecule has 28 heavy (non-hydrogen) atoms. The first-order valence-electron chi connectivity index (χ1n) is 8.96. The number of hydrogen-bond acceptors (Lipinski definition) is 5. The maximum absolute atomic E-state index is 12.0. The molecule has 1 aliphatic rings. The summed E-state index contributed by atoms with van der Waals surface area (Å²) < 4.78 is 5.43. The molecule has 0 saturated heterocycles. The van der Waals surface area contributed by atoms with Gasteiger partial charge in [0.25, 0.3) is 0 Å². The molecule has 0 spiro atoms. The van der Waals surface area contributed by atoms with E-state index < -0.39 is 6.23 Å². The van der Waals surface area contributed by atoms with Gasteiger partial charge >= 0.3 is 5.97 Å². The molecule has 0 aliphatic carbocycles. The molecule has 0 radical (unpaired) electrons. The van der Waals surface area contributed by atoms with Gasteiger partial charge in [0, 0.05) is 16.5 Å². The summed E-state index contributed by atoms with van der Waals surface area (Å²) in [5.41, 5.74) is 5.76. The van der Waals surface area contributed by atoms with Crippen molar-refractivity contribution in [3.8, 4) is 22.4 Å². The van der Waals surface area contributed by atoms with Gasteiger partial charge in [-0.15, -0.1) is 11.3 Å². The van der Waals surface area contributed by atoms with Crippen LogP contribution in [0, 0.1) is 0 Å². The number of carbonyl (C=O) groups excluding carboxylic acids is 1. The Bertz CT molecular complexity index is 1140. The van der Waals surface area contributed by atoms with E-state index in [4.69, 9.17) is 4.74 Å². The number of hydrogen-bond donors (Lipinski definition) is 1. The SMILES string of the molecule is O=C1OC(Nc2nc(-c3ccc(-c4ccccc4)cc3)cs2)c2ccccc21. The Morgan fingerprint density at radius 1 is 0.821 bits per heavy atom. The minimum absolute atomic E-state index is 0.304. The van der Waals surface area contributed by atoms with Crippen molar-refractivity contribution in [2.75, 3.05) is 5.32 Å². The number of thiazole rings is 1. The van der Waals surface area contributed by atoms with Gasteiger partial charge in [-0.3, -0.25) is 0 Å². The lowest BCUT2D eigenvalue weighted by Gasteiger charge is -2.11. The molecule has 1 atom stereocenters. The van der Waals surface area contributed by atoms with Crippen molar-refractivity contribution in [1.82, 2.24) is 4.98 Å². The van der Waals surface area contributed by atoms with Crippen LogP contribution in [0.3, 0.4) is 0 Å². The molecule has 4 nitrogen and oxygen atoms in total. The van der Waals surface area contributed by atoms with Crippen LogP contribution in [0.1, 0.15) is 22.1 Å². The fourth-order valence-corrected chi connectivity index (χ4v) is 4.04. The molecule has 5 heteroatoms. The molecular weight excluding hydrogens is 368 g/mol. The second-order valence-corrected chi connectivity index (χ2v) is 7.36. The quantitative estimate of drug-likeness (QED) is 0.455. The minimum atomic E-state index is -0.497. The molecule has 0 bridgehead atoms. The van der Waals surface area contributed by atoms with E-state index in [9.17, 15) is 4.79 Å². The van der Waals surface area contributed by atoms with Crippen molar-refractivity contribution in [3.63, 3.8) is 0 Å². The van der Waals surface area contributed by atoms with E-state index in [1.54, 1.807) is 6.07 Å². The highest BCUT2D eigenvalue weighted by Crippen LogP contribution is 2.34. The summed E-state index contributed by atoms with van der Waals surface area (Å²) in [4.78, 5) is 16.6. The fraction of sp³-hybridized carbons (Fsp3) is 0.0435. The van der Waals surface area contributed by atoms with E-state index in [1.807, 2.05) is 41.8 Å². The smallest absolute Gasteiger partial charge is 0.340 e. The van der Waals surface area contributed by atoms with Crippen molar-refractivity contribution in [3.05, 3.63) is 95.4 Å². The number of anilines is 1. The third kappa shape index (κ3) is 3.06. The number of carbonyl (C=O) groups is 1. The van der Waals surface area contributed by atoms with Gasteiger partial charge in [0.2, 0.25) is 6.23 Å². The van der Waals surface area contributed by atoms with Crippen LogP contribution in [0.5, 0.6) is 0 Å². The highest BCUT2D eigenvalue weighted by atomic mass is 32.1. The summed E-state index contributed by atoms with van der Waals surface area (Å²) in [7, 11) is 0. The standard InChI is InChI=1S/C23H16N2O2S/c26-22-19-9-5-4-8-18(19)21(27-22)25-23-24-20(14-28-23)17-12-10-16(11-13-17)15-6-2-1-3-7-15/h1-14,21H,(H,24,25). The summed E-state index contributed by atoms with van der Waals surface area (Å²) in [5, 5.41) is 5.94. The second-order valence-electron chi connectivity index (χ2n) is 6.50. The fourth-order valence-electron chi connectivity index (χ4n) is 3.30. The van der Waals surface area contributed by atoms with E-state index in [1.165, 1.54) is 22.5 Å². The molecule has 136 valence electrons. The highest BCUT2D eigenvalue weighted by molar-refractivity contribution is 7.14. The van der Waals surface area contributed by atoms with Gasteiger partial charge in [-0.05, 0) is 17.2 Å². The second kappa shape index (κ2) is 6.94. The molecule has 1 aromatic heterocycles. The third-order valence-electron chi connectivity index (χ3n) is 4.73. The summed E-state index contributed by atoms with van der Waals surface area (Å²) in [6, 6.07) is 26.1. The molecule has 0 saturated carbocycles. The lowest BCUT2D eigenvalue weighted by molar-refractivity contribution is 0.0437. The molecule has 3 aromatic carbocycles. The molecule has 4 aromatic rings. The average molecular weight is 384 g/mol. The zero-order chi connectivity index (χ0) is 18.9. The molecule has 1 aliphatic heterocycles. The van der Waals surface area contributed by atoms with Gasteiger partial charge in [-0.2, -0.15) is 0 Å². The predicted molar refractivity (Wildman–Crippen MR) is 111 cm³/mol. The largest absolute Gasteiger partial charge is 0.434 e. The molecule has 0 fully saturated rings. The first-order valence-corrected chi connectivity index (χ1v) is 9.84. The first-order chi connectivity index (χ1) is 13.8. The molecule has 1 unspecified atom stereocenters. The number of nitrogens with zero attached hydrogens (tertiary/aromatic N) is 1. The van der Waals surface area contributed by atoms with Crippen molar-refractivity contribution in [2.24, 2.45) is 0 Å². The predicted octanol–water partition coefficient (Wildman–Crippen LogP) is 5.76. The maximum atomic E-state index is 12.0. The van der Waals surface area contributed by atoms with Crippen LogP contribution in [0.25, 0.3) is 22.4 Å². The van der Waals surface area contributed by atoms with Crippen LogP contribution >= 0.6 is 11.3 Å². The van der Waals surface area contributed by atoms with Gasteiger partial charge in [-0.25, -0.2) is 9.78 Å². The average Bonchev–Trinajstić information content (AvgIpc) is 3.34. The number of rotatable bonds is 4. The summed E-state index contributed by atoms with van der Waals surface area (Å²) >= 11 is 1.49. The summed E-state index contributed by atoms with van der Waals surface area (Å²) in [6.45, 7) is 0. The lowest BCUT2D eigenvalue weighted by atomic mass is 10.0. The van der Waals surface area contributed by atoms with Gasteiger partial charge < -0.3 is 10.1 Å². The van der Waals surface area contributed by atoms with Crippen LogP contribution < -0.4 is 5.32 Å². The number of esters is 1. The number of ether oxygens (including phenoxy) is 1. The number of aromatic nitrogens is 1. The Balaban J connectivity index is 1.35. The normalized spacial score (nSPS) is 15.1. The number of nitrogens with one attached hydrogen (secondary N) is 1. The Morgan fingerprint density at radius 3 is 2.32 bits per heavy atom. The number of fused-ring (bicyclic) bond motifs is 1. The Hall–Kier alpha value is -3.44. The van der Waals surface area contributed by atoms with Crippen LogP contribution in [0.4, 0.5) is 5.13 Å². The number of cyclic esters (lactones) is 1. The van der Waals surface area contributed by atoms with Crippen LogP contribution in [-0.2, 0) is 4.74 Å². The Labute approximate surface area is 166 Å². The topological polar surface area (TPSA) is 51.2 Å². The van der Waals surface area contributed by atoms with Crippen molar-refractivity contribution < 1.29 is 9.53 Å². The monoisotopic (exact) mass is 384 g/mol. The van der Waals surface area contributed by atoms with Crippen LogP contribution in [-0.4, -0.2) is 11.0 Å². The van der Waals surface area contributed by atoms with Crippen molar-refractivity contribution >= 4 is 22.4 Å². The first kappa shape index (κ1) is 16.7. The van der Waals surface area contributed by atoms with Gasteiger partial charge in [0.1, 0.15) is 0 Å². The van der Waals surface area contributed by atoms with Crippen LogP contribution in [0.2, 0.25) is 0 Å². The van der Waals surface area contributed by atoms with Gasteiger partial charge in [0.05, 0.1) is 11.3 Å². The Morgan fingerprint density at radius 2 is 1.50 bits per heavy atom. The summed E-state index contributed by atoms with van der Waals surface area (Å²) in [6.07, 6.45) is -0.497. The Kier molecular flexibility index (Phi) is 4.14. The molecule has 5 rings (SSSR count). The van der Waals surface area contributed by atoms with E-state index >= 15 is 0 Å². The van der Waals surface area contributed by atoms with E-state index in [0.29, 0.717) is 5.56 Å². The summed E-state index contributed by atoms with van der Waals surface area (Å²) in [5.74, 6) is -0.304. The van der Waals surface area contributed by atoms with Gasteiger partial charge in [-0.1, -0.05) is 72.8 Å². The molecule has 2 heterocycles. The molecular formula is C23H16N2O2S. The minimum Gasteiger partial charge on any atom is -0.434 e. The van der Waals surface area contributed by atoms with Crippen LogP contribution in [0.15, 0.2) is 84.2 Å². The molecule has 1 N–H and O–H groups in total. The molecule has 0 amide bonds. The third-order valence-corrected chi connectivity index (χ3v) is 5.51. The highest BCUT2D eigenvalue weighted by Gasteiger charge is 2.30. The lowest BCUT2D eigenvalue weighted by Crippen LogP contribution is -2.09. The zero-order valence-corrected chi connectivity index (χ0v) is 15.6. The van der Waals surface area contributed by atoms with E-state index in [2.05, 4.69) is 46.7 Å².